The number of carboxylic acids is 1. The van der Waals surface area contributed by atoms with E-state index in [2.05, 4.69) is 0 Å². The fourth-order valence-electron chi connectivity index (χ4n) is 1.82. The van der Waals surface area contributed by atoms with E-state index in [1.807, 2.05) is 5.32 Å². The van der Waals surface area contributed by atoms with E-state index in [1.165, 1.54) is 0 Å². The van der Waals surface area contributed by atoms with Crippen molar-refractivity contribution in [3.05, 3.63) is 35.9 Å². The van der Waals surface area contributed by atoms with Gasteiger partial charge in [0.05, 0.1) is 0 Å². The highest BCUT2D eigenvalue weighted by molar-refractivity contribution is 5.80. The summed E-state index contributed by atoms with van der Waals surface area (Å²) >= 11 is 0. The van der Waals surface area contributed by atoms with E-state index in [-0.39, 0.29) is 6.61 Å². The number of hydrogen-bond donors (Lipinski definition) is 2. The van der Waals surface area contributed by atoms with Crippen LogP contribution in [0.15, 0.2) is 30.3 Å². The molecule has 1 aromatic rings. The highest BCUT2D eigenvalue weighted by atomic mass is 19.4. The van der Waals surface area contributed by atoms with Gasteiger partial charge < -0.3 is 15.2 Å². The Kier molecular flexibility index (Phi) is 6.21. The maximum Gasteiger partial charge on any atom is 0.408 e. The van der Waals surface area contributed by atoms with Gasteiger partial charge in [-0.05, 0) is 11.5 Å². The van der Waals surface area contributed by atoms with Gasteiger partial charge in [-0.1, -0.05) is 37.3 Å². The van der Waals surface area contributed by atoms with Crippen LogP contribution in [0.4, 0.5) is 18.0 Å². The summed E-state index contributed by atoms with van der Waals surface area (Å²) in [6, 6.07) is 6.92. The van der Waals surface area contributed by atoms with Crippen LogP contribution in [0.3, 0.4) is 0 Å². The van der Waals surface area contributed by atoms with Crippen molar-refractivity contribution in [2.45, 2.75) is 32.2 Å². The second kappa shape index (κ2) is 7.67. The quantitative estimate of drug-likeness (QED) is 0.845. The monoisotopic (exact) mass is 319 g/mol. The van der Waals surface area contributed by atoms with Gasteiger partial charge in [0.25, 0.3) is 0 Å². The Morgan fingerprint density at radius 3 is 2.36 bits per heavy atom. The number of rotatable bonds is 6. The molecular weight excluding hydrogens is 303 g/mol. The molecule has 122 valence electrons. The number of carbonyl (C=O) groups is 2. The number of hydrogen-bond acceptors (Lipinski definition) is 3. The normalized spacial score (nSPS) is 14.0. The molecule has 0 aliphatic heterocycles. The van der Waals surface area contributed by atoms with Crippen LogP contribution in [-0.2, 0) is 16.1 Å². The van der Waals surface area contributed by atoms with Crippen LogP contribution in [-0.4, -0.2) is 29.4 Å². The summed E-state index contributed by atoms with van der Waals surface area (Å²) in [4.78, 5) is 22.5. The fourth-order valence-corrected chi connectivity index (χ4v) is 1.82. The molecule has 0 saturated carbocycles. The number of aliphatic carboxylic acids is 1. The number of carboxylic acid groups (broad SMARTS) is 1. The molecule has 2 N–H and O–H groups in total. The van der Waals surface area contributed by atoms with Crippen LogP contribution in [0, 0.1) is 5.92 Å². The van der Waals surface area contributed by atoms with E-state index < -0.39 is 36.6 Å². The van der Waals surface area contributed by atoms with Gasteiger partial charge >= 0.3 is 18.2 Å². The first-order valence-electron chi connectivity index (χ1n) is 6.46. The lowest BCUT2D eigenvalue weighted by Crippen LogP contribution is -2.46. The molecule has 2 atom stereocenters. The number of halogens is 3. The Morgan fingerprint density at radius 1 is 1.27 bits per heavy atom. The molecule has 1 aromatic carbocycles. The smallest absolute Gasteiger partial charge is 0.408 e. The van der Waals surface area contributed by atoms with E-state index in [4.69, 9.17) is 9.84 Å². The van der Waals surface area contributed by atoms with Crippen molar-refractivity contribution >= 4 is 12.1 Å². The van der Waals surface area contributed by atoms with Crippen molar-refractivity contribution < 1.29 is 32.6 Å². The average molecular weight is 319 g/mol. The third kappa shape index (κ3) is 6.47. The lowest BCUT2D eigenvalue weighted by Gasteiger charge is -2.22. The highest BCUT2D eigenvalue weighted by Gasteiger charge is 2.37. The zero-order valence-electron chi connectivity index (χ0n) is 11.8. The van der Waals surface area contributed by atoms with Crippen molar-refractivity contribution in [1.82, 2.24) is 5.32 Å². The minimum Gasteiger partial charge on any atom is -0.480 e. The molecule has 8 heteroatoms. The van der Waals surface area contributed by atoms with Crippen LogP contribution >= 0.6 is 0 Å². The average Bonchev–Trinajstić information content (AvgIpc) is 2.41. The van der Waals surface area contributed by atoms with Crippen molar-refractivity contribution in [3.8, 4) is 0 Å². The van der Waals surface area contributed by atoms with Gasteiger partial charge in [-0.3, -0.25) is 0 Å². The van der Waals surface area contributed by atoms with E-state index >= 15 is 0 Å². The molecule has 1 rings (SSSR count). The fraction of sp³-hybridized carbons (Fsp3) is 0.429. The minimum absolute atomic E-state index is 0.104. The lowest BCUT2D eigenvalue weighted by atomic mass is 9.98. The number of benzene rings is 1. The predicted octanol–water partition coefficient (Wildman–Crippen LogP) is 2.95. The molecule has 0 radical (unpaired) electrons. The molecule has 0 saturated heterocycles. The number of alkyl carbamates (subject to hydrolysis) is 1. The topological polar surface area (TPSA) is 75.6 Å². The molecule has 0 bridgehead atoms. The van der Waals surface area contributed by atoms with Gasteiger partial charge in [-0.25, -0.2) is 9.59 Å². The first-order chi connectivity index (χ1) is 10.2. The second-order valence-corrected chi connectivity index (χ2v) is 4.82. The Labute approximate surface area is 125 Å². The first kappa shape index (κ1) is 17.8. The summed E-state index contributed by atoms with van der Waals surface area (Å²) in [5.74, 6) is -2.87. The zero-order valence-corrected chi connectivity index (χ0v) is 11.8. The lowest BCUT2D eigenvalue weighted by molar-refractivity contribution is -0.153. The maximum atomic E-state index is 12.3. The second-order valence-electron chi connectivity index (χ2n) is 4.82. The van der Waals surface area contributed by atoms with Gasteiger partial charge in [0, 0.05) is 6.42 Å². The third-order valence-electron chi connectivity index (χ3n) is 2.87. The molecule has 0 aliphatic rings. The molecule has 5 nitrogen and oxygen atoms in total. The Balaban J connectivity index is 2.55. The van der Waals surface area contributed by atoms with Crippen molar-refractivity contribution in [3.63, 3.8) is 0 Å². The van der Waals surface area contributed by atoms with Gasteiger partial charge in [0.2, 0.25) is 0 Å². The third-order valence-corrected chi connectivity index (χ3v) is 2.87. The molecule has 0 fully saturated rings. The molecule has 2 unspecified atom stereocenters. The summed E-state index contributed by atoms with van der Waals surface area (Å²) in [6.07, 6.45) is -6.91. The molecule has 0 aromatic heterocycles. The number of amides is 1. The maximum absolute atomic E-state index is 12.3. The van der Waals surface area contributed by atoms with Crippen LogP contribution < -0.4 is 5.32 Å². The standard InChI is InChI=1S/C14H16F3NO4/c1-9(7-14(15,16)17)11(12(19)20)18-13(21)22-8-10-5-3-2-4-6-10/h2-6,9,11H,7-8H2,1H3,(H,18,21)(H,19,20). The minimum atomic E-state index is -4.51. The van der Waals surface area contributed by atoms with Crippen LogP contribution in [0.25, 0.3) is 0 Å². The highest BCUT2D eigenvalue weighted by Crippen LogP contribution is 2.26. The SMILES string of the molecule is CC(CC(F)(F)F)C(NC(=O)OCc1ccccc1)C(=O)O. The van der Waals surface area contributed by atoms with Crippen LogP contribution in [0.5, 0.6) is 0 Å². The zero-order chi connectivity index (χ0) is 16.8. The molecule has 22 heavy (non-hydrogen) atoms. The van der Waals surface area contributed by atoms with E-state index in [0.717, 1.165) is 6.92 Å². The summed E-state index contributed by atoms with van der Waals surface area (Å²) in [6.45, 7) is 0.996. The number of carbonyl (C=O) groups excluding carboxylic acids is 1. The van der Waals surface area contributed by atoms with Gasteiger partial charge in [0.1, 0.15) is 12.6 Å². The Morgan fingerprint density at radius 2 is 1.86 bits per heavy atom. The largest absolute Gasteiger partial charge is 0.480 e. The Bertz CT molecular complexity index is 505. The molecule has 0 aliphatic carbocycles. The van der Waals surface area contributed by atoms with Gasteiger partial charge in [0.15, 0.2) is 0 Å². The van der Waals surface area contributed by atoms with Crippen molar-refractivity contribution in [2.24, 2.45) is 5.92 Å². The van der Waals surface area contributed by atoms with E-state index in [9.17, 15) is 22.8 Å². The van der Waals surface area contributed by atoms with Gasteiger partial charge in [-0.15, -0.1) is 0 Å². The number of ether oxygens (including phenoxy) is 1. The van der Waals surface area contributed by atoms with E-state index in [1.54, 1.807) is 30.3 Å². The summed E-state index contributed by atoms with van der Waals surface area (Å²) in [5, 5.41) is 10.9. The molecule has 1 amide bonds. The number of nitrogens with one attached hydrogen (secondary N) is 1. The summed E-state index contributed by atoms with van der Waals surface area (Å²) in [5.41, 5.74) is 0.674. The molecule has 0 heterocycles. The predicted molar refractivity (Wildman–Crippen MR) is 71.0 cm³/mol. The van der Waals surface area contributed by atoms with Gasteiger partial charge in [-0.2, -0.15) is 13.2 Å². The van der Waals surface area contributed by atoms with Crippen molar-refractivity contribution in [2.75, 3.05) is 0 Å². The van der Waals surface area contributed by atoms with E-state index in [0.29, 0.717) is 5.56 Å². The van der Waals surface area contributed by atoms with Crippen LogP contribution in [0.2, 0.25) is 0 Å². The molecular formula is C14H16F3NO4. The van der Waals surface area contributed by atoms with Crippen molar-refractivity contribution in [1.29, 1.82) is 0 Å². The first-order valence-corrected chi connectivity index (χ1v) is 6.46. The number of alkyl halides is 3. The van der Waals surface area contributed by atoms with Crippen LogP contribution in [0.1, 0.15) is 18.9 Å². The summed E-state index contributed by atoms with van der Waals surface area (Å²) in [7, 11) is 0. The molecule has 0 spiro atoms. The Hall–Kier alpha value is -2.25. The summed E-state index contributed by atoms with van der Waals surface area (Å²) < 4.78 is 41.7.